The zero-order chi connectivity index (χ0) is 28.2. The summed E-state index contributed by atoms with van der Waals surface area (Å²) in [6.45, 7) is 13.1. The number of carbonyl (C=O) groups is 2. The lowest BCUT2D eigenvalue weighted by molar-refractivity contribution is -0.135. The van der Waals surface area contributed by atoms with E-state index in [4.69, 9.17) is 21.3 Å². The molecule has 39 heavy (non-hydrogen) atoms. The lowest BCUT2D eigenvalue weighted by Crippen LogP contribution is -2.54. The maximum atomic E-state index is 13.0. The monoisotopic (exact) mass is 574 g/mol. The van der Waals surface area contributed by atoms with Gasteiger partial charge < -0.3 is 24.3 Å². The highest BCUT2D eigenvalue weighted by molar-refractivity contribution is 7.99. The third-order valence-electron chi connectivity index (χ3n) is 7.00. The molecule has 0 aliphatic carbocycles. The number of para-hydroxylation sites is 2. The summed E-state index contributed by atoms with van der Waals surface area (Å²) in [4.78, 5) is 43.1. The fourth-order valence-electron chi connectivity index (χ4n) is 5.01. The molecule has 2 amide bonds. The Kier molecular flexibility index (Phi) is 9.48. The van der Waals surface area contributed by atoms with E-state index in [2.05, 4.69) is 42.5 Å². The second-order valence-electron chi connectivity index (χ2n) is 11.3. The van der Waals surface area contributed by atoms with Crippen molar-refractivity contribution in [2.24, 2.45) is 5.41 Å². The summed E-state index contributed by atoms with van der Waals surface area (Å²) in [5.41, 5.74) is 1.01. The third-order valence-corrected chi connectivity index (χ3v) is 8.02. The van der Waals surface area contributed by atoms with Crippen molar-refractivity contribution in [2.45, 2.75) is 45.3 Å². The number of nitrogens with zero attached hydrogens (tertiary/aromatic N) is 6. The van der Waals surface area contributed by atoms with E-state index in [1.54, 1.807) is 13.2 Å². The van der Waals surface area contributed by atoms with Crippen LogP contribution in [0.3, 0.4) is 0 Å². The van der Waals surface area contributed by atoms with Gasteiger partial charge in [-0.3, -0.25) is 9.59 Å². The number of aromatic nitrogens is 2. The molecule has 0 spiro atoms. The van der Waals surface area contributed by atoms with Crippen LogP contribution in [0, 0.1) is 5.41 Å². The molecule has 0 bridgehead atoms. The van der Waals surface area contributed by atoms with Gasteiger partial charge in [0.2, 0.25) is 11.8 Å². The first-order valence-electron chi connectivity index (χ1n) is 13.4. The fraction of sp³-hybridized carbons (Fsp3) is 0.571. The molecule has 2 saturated heterocycles. The van der Waals surface area contributed by atoms with Crippen LogP contribution >= 0.6 is 23.4 Å². The zero-order valence-electron chi connectivity index (χ0n) is 23.5. The average molecular weight is 575 g/mol. The van der Waals surface area contributed by atoms with Crippen LogP contribution in [0.2, 0.25) is 5.15 Å². The largest absolute Gasteiger partial charge is 0.495 e. The first-order chi connectivity index (χ1) is 18.5. The normalized spacial score (nSPS) is 18.4. The van der Waals surface area contributed by atoms with Crippen LogP contribution in [0.15, 0.2) is 35.5 Å². The van der Waals surface area contributed by atoms with Crippen molar-refractivity contribution in [3.63, 3.8) is 0 Å². The number of benzene rings is 1. The summed E-state index contributed by atoms with van der Waals surface area (Å²) in [5, 5.41) is 0.830. The Balaban J connectivity index is 1.30. The van der Waals surface area contributed by atoms with Crippen LogP contribution < -0.4 is 14.5 Å². The Bertz CT molecular complexity index is 1170. The number of ether oxygens (including phenoxy) is 1. The van der Waals surface area contributed by atoms with E-state index >= 15 is 0 Å². The highest BCUT2D eigenvalue weighted by Gasteiger charge is 2.30. The second-order valence-corrected chi connectivity index (χ2v) is 12.6. The molecule has 3 heterocycles. The van der Waals surface area contributed by atoms with E-state index in [9.17, 15) is 9.59 Å². The van der Waals surface area contributed by atoms with Gasteiger partial charge in [-0.15, -0.1) is 0 Å². The van der Waals surface area contributed by atoms with Gasteiger partial charge in [0.15, 0.2) is 5.16 Å². The highest BCUT2D eigenvalue weighted by Crippen LogP contribution is 2.29. The Morgan fingerprint density at radius 1 is 1.03 bits per heavy atom. The summed E-state index contributed by atoms with van der Waals surface area (Å²) < 4.78 is 5.49. The van der Waals surface area contributed by atoms with Gasteiger partial charge in [0.25, 0.3) is 0 Å². The average Bonchev–Trinajstić information content (AvgIpc) is 2.90. The van der Waals surface area contributed by atoms with Gasteiger partial charge in [-0.1, -0.05) is 56.3 Å². The molecule has 11 heteroatoms. The molecule has 2 aliphatic rings. The Labute approximate surface area is 240 Å². The van der Waals surface area contributed by atoms with Gasteiger partial charge in [-0.25, -0.2) is 9.97 Å². The van der Waals surface area contributed by atoms with E-state index < -0.39 is 0 Å². The van der Waals surface area contributed by atoms with Gasteiger partial charge in [-0.2, -0.15) is 0 Å². The summed E-state index contributed by atoms with van der Waals surface area (Å²) in [5.74, 6) is 2.07. The third kappa shape index (κ3) is 7.69. The number of piperazine rings is 2. The molecular weight excluding hydrogens is 536 g/mol. The summed E-state index contributed by atoms with van der Waals surface area (Å²) in [6.07, 6.45) is 0.529. The molecule has 212 valence electrons. The van der Waals surface area contributed by atoms with Crippen molar-refractivity contribution in [3.05, 3.63) is 35.5 Å². The van der Waals surface area contributed by atoms with E-state index in [1.165, 1.54) is 11.8 Å². The molecule has 1 aromatic heterocycles. The lowest BCUT2D eigenvalue weighted by Gasteiger charge is -2.41. The van der Waals surface area contributed by atoms with Crippen LogP contribution in [0.1, 0.15) is 34.1 Å². The van der Waals surface area contributed by atoms with Crippen LogP contribution in [0.25, 0.3) is 0 Å². The van der Waals surface area contributed by atoms with Crippen molar-refractivity contribution in [1.29, 1.82) is 0 Å². The van der Waals surface area contributed by atoms with Gasteiger partial charge in [0.05, 0.1) is 18.6 Å². The molecular formula is C28H39ClN6O3S. The second kappa shape index (κ2) is 12.6. The SMILES string of the molecule is COc1ccccc1N1CCN(C(=O)CSc2nc(Cl)cc(N3CCN(C(=O)CC(C)(C)C)C(C)C3)n2)CC1. The van der Waals surface area contributed by atoms with Gasteiger partial charge in [-0.05, 0) is 24.5 Å². The van der Waals surface area contributed by atoms with Crippen LogP contribution in [0.4, 0.5) is 11.5 Å². The van der Waals surface area contributed by atoms with Gasteiger partial charge >= 0.3 is 0 Å². The predicted molar refractivity (Wildman–Crippen MR) is 157 cm³/mol. The molecule has 9 nitrogen and oxygen atoms in total. The van der Waals surface area contributed by atoms with Crippen molar-refractivity contribution >= 4 is 46.7 Å². The summed E-state index contributed by atoms with van der Waals surface area (Å²) in [6, 6.07) is 9.77. The van der Waals surface area contributed by atoms with E-state index in [0.717, 1.165) is 30.3 Å². The number of hydrogen-bond donors (Lipinski definition) is 0. The molecule has 2 aliphatic heterocycles. The van der Waals surface area contributed by atoms with E-state index in [0.29, 0.717) is 49.5 Å². The minimum atomic E-state index is -0.0410. The van der Waals surface area contributed by atoms with E-state index in [1.807, 2.05) is 34.1 Å². The fourth-order valence-corrected chi connectivity index (χ4v) is 5.99. The van der Waals surface area contributed by atoms with Crippen LogP contribution in [0.5, 0.6) is 5.75 Å². The summed E-state index contributed by atoms with van der Waals surface area (Å²) >= 11 is 7.66. The molecule has 4 rings (SSSR count). The minimum absolute atomic E-state index is 0.0410. The minimum Gasteiger partial charge on any atom is -0.495 e. The Morgan fingerprint density at radius 3 is 2.38 bits per heavy atom. The number of methoxy groups -OCH3 is 1. The van der Waals surface area contributed by atoms with E-state index in [-0.39, 0.29) is 29.0 Å². The molecule has 1 atom stereocenters. The Morgan fingerprint density at radius 2 is 1.72 bits per heavy atom. The first kappa shape index (κ1) is 29.3. The van der Waals surface area contributed by atoms with Gasteiger partial charge in [0, 0.05) is 64.3 Å². The molecule has 0 saturated carbocycles. The number of halogens is 1. The summed E-state index contributed by atoms with van der Waals surface area (Å²) in [7, 11) is 1.68. The van der Waals surface area contributed by atoms with Crippen molar-refractivity contribution in [3.8, 4) is 5.75 Å². The maximum absolute atomic E-state index is 13.0. The topological polar surface area (TPSA) is 82.1 Å². The number of anilines is 2. The molecule has 1 unspecified atom stereocenters. The smallest absolute Gasteiger partial charge is 0.233 e. The lowest BCUT2D eigenvalue weighted by atomic mass is 9.91. The van der Waals surface area contributed by atoms with Crippen molar-refractivity contribution in [2.75, 3.05) is 68.5 Å². The number of carbonyl (C=O) groups excluding carboxylic acids is 2. The highest BCUT2D eigenvalue weighted by atomic mass is 35.5. The molecule has 2 aromatic rings. The van der Waals surface area contributed by atoms with Crippen molar-refractivity contribution < 1.29 is 14.3 Å². The first-order valence-corrected chi connectivity index (χ1v) is 14.8. The zero-order valence-corrected chi connectivity index (χ0v) is 25.1. The number of hydrogen-bond acceptors (Lipinski definition) is 8. The van der Waals surface area contributed by atoms with Crippen LogP contribution in [-0.2, 0) is 9.59 Å². The van der Waals surface area contributed by atoms with Crippen LogP contribution in [-0.4, -0.2) is 96.3 Å². The molecule has 0 N–H and O–H groups in total. The molecule has 2 fully saturated rings. The number of rotatable bonds is 7. The van der Waals surface area contributed by atoms with Gasteiger partial charge in [0.1, 0.15) is 16.7 Å². The molecule has 1 aromatic carbocycles. The number of thioether (sulfide) groups is 1. The predicted octanol–water partition coefficient (Wildman–Crippen LogP) is 4.05. The standard InChI is InChI=1S/C28H39ClN6O3S/c1-20-18-34(14-15-35(20)25(36)17-28(2,3)4)24-16-23(29)30-27(31-24)39-19-26(37)33-12-10-32(11-13-33)21-8-6-7-9-22(21)38-5/h6-9,16,20H,10-15,17-19H2,1-5H3. The number of amides is 2. The van der Waals surface area contributed by atoms with Crippen molar-refractivity contribution in [1.82, 2.24) is 19.8 Å². The molecule has 0 radical (unpaired) electrons. The maximum Gasteiger partial charge on any atom is 0.233 e. The quantitative estimate of drug-likeness (QED) is 0.278. The Hall–Kier alpha value is -2.72.